The van der Waals surface area contributed by atoms with E-state index < -0.39 is 0 Å². The highest BCUT2D eigenvalue weighted by Gasteiger charge is 2.06. The maximum absolute atomic E-state index is 11.7. The van der Waals surface area contributed by atoms with Gasteiger partial charge >= 0.3 is 0 Å². The number of amides is 1. The summed E-state index contributed by atoms with van der Waals surface area (Å²) >= 11 is 1.58. The van der Waals surface area contributed by atoms with Crippen molar-refractivity contribution in [3.63, 3.8) is 0 Å². The molecule has 0 aliphatic carbocycles. The summed E-state index contributed by atoms with van der Waals surface area (Å²) < 4.78 is 0. The minimum Gasteiger partial charge on any atom is -0.353 e. The average Bonchev–Trinajstić information content (AvgIpc) is 2.38. The van der Waals surface area contributed by atoms with Crippen molar-refractivity contribution in [3.05, 3.63) is 29.8 Å². The van der Waals surface area contributed by atoms with Crippen molar-refractivity contribution < 1.29 is 4.79 Å². The van der Waals surface area contributed by atoms with Gasteiger partial charge in [0, 0.05) is 17.5 Å². The summed E-state index contributed by atoms with van der Waals surface area (Å²) in [6.07, 6.45) is 2.14. The van der Waals surface area contributed by atoms with Crippen LogP contribution in [0.4, 0.5) is 0 Å². The van der Waals surface area contributed by atoms with E-state index in [0.29, 0.717) is 5.75 Å². The van der Waals surface area contributed by atoms with Crippen molar-refractivity contribution in [1.82, 2.24) is 10.6 Å². The van der Waals surface area contributed by atoms with Crippen molar-refractivity contribution in [1.29, 1.82) is 0 Å². The van der Waals surface area contributed by atoms with E-state index >= 15 is 0 Å². The molecule has 1 unspecified atom stereocenters. The maximum Gasteiger partial charge on any atom is 0.230 e. The van der Waals surface area contributed by atoms with Gasteiger partial charge in [-0.2, -0.15) is 0 Å². The Hall–Kier alpha value is -1.00. The first kappa shape index (κ1) is 16.1. The number of hydrogen-bond acceptors (Lipinski definition) is 3. The molecule has 1 aromatic carbocycles. The van der Waals surface area contributed by atoms with E-state index in [2.05, 4.69) is 48.7 Å². The number of hydrogen-bond donors (Lipinski definition) is 2. The quantitative estimate of drug-likeness (QED) is 0.720. The lowest BCUT2D eigenvalue weighted by Gasteiger charge is -2.12. The van der Waals surface area contributed by atoms with Crippen molar-refractivity contribution in [2.75, 3.05) is 12.8 Å². The maximum atomic E-state index is 11.7. The topological polar surface area (TPSA) is 41.1 Å². The Morgan fingerprint density at radius 3 is 2.58 bits per heavy atom. The SMILES string of the molecule is CCCC(C)NC(=O)CSc1ccc(CNC)cc1. The van der Waals surface area contributed by atoms with Gasteiger partial charge in [-0.15, -0.1) is 11.8 Å². The molecule has 0 spiro atoms. The van der Waals surface area contributed by atoms with Crippen LogP contribution in [0.15, 0.2) is 29.2 Å². The largest absolute Gasteiger partial charge is 0.353 e. The van der Waals surface area contributed by atoms with Gasteiger partial charge in [0.15, 0.2) is 0 Å². The molecular formula is C15H24N2OS. The molecule has 1 rings (SSSR count). The predicted octanol–water partition coefficient (Wildman–Crippen LogP) is 2.80. The number of benzene rings is 1. The zero-order valence-corrected chi connectivity index (χ0v) is 12.8. The molecule has 0 bridgehead atoms. The molecule has 0 saturated carbocycles. The first-order valence-electron chi connectivity index (χ1n) is 6.81. The predicted molar refractivity (Wildman–Crippen MR) is 82.4 cm³/mol. The van der Waals surface area contributed by atoms with E-state index in [-0.39, 0.29) is 11.9 Å². The van der Waals surface area contributed by atoms with E-state index in [4.69, 9.17) is 0 Å². The van der Waals surface area contributed by atoms with E-state index in [0.717, 1.165) is 24.3 Å². The van der Waals surface area contributed by atoms with Crippen LogP contribution in [0.2, 0.25) is 0 Å². The van der Waals surface area contributed by atoms with E-state index in [1.54, 1.807) is 11.8 Å². The minimum atomic E-state index is 0.116. The summed E-state index contributed by atoms with van der Waals surface area (Å²) in [6.45, 7) is 5.06. The highest BCUT2D eigenvalue weighted by molar-refractivity contribution is 8.00. The molecule has 19 heavy (non-hydrogen) atoms. The number of nitrogens with one attached hydrogen (secondary N) is 2. The van der Waals surface area contributed by atoms with Gasteiger partial charge in [-0.3, -0.25) is 4.79 Å². The van der Waals surface area contributed by atoms with Crippen LogP contribution in [0.3, 0.4) is 0 Å². The fourth-order valence-electron chi connectivity index (χ4n) is 1.88. The summed E-state index contributed by atoms with van der Waals surface area (Å²) in [5, 5.41) is 6.13. The Kier molecular flexibility index (Phi) is 7.60. The summed E-state index contributed by atoms with van der Waals surface area (Å²) in [5.41, 5.74) is 1.26. The van der Waals surface area contributed by atoms with Crippen LogP contribution in [0, 0.1) is 0 Å². The first-order valence-corrected chi connectivity index (χ1v) is 7.80. The lowest BCUT2D eigenvalue weighted by molar-refractivity contribution is -0.119. The third-order valence-electron chi connectivity index (χ3n) is 2.80. The second-order valence-electron chi connectivity index (χ2n) is 4.72. The Balaban J connectivity index is 2.33. The molecule has 4 heteroatoms. The van der Waals surface area contributed by atoms with Gasteiger partial charge in [0.1, 0.15) is 0 Å². The minimum absolute atomic E-state index is 0.116. The number of rotatable bonds is 8. The zero-order valence-electron chi connectivity index (χ0n) is 12.0. The fourth-order valence-corrected chi connectivity index (χ4v) is 2.59. The third-order valence-corrected chi connectivity index (χ3v) is 3.82. The van der Waals surface area contributed by atoms with Gasteiger partial charge in [-0.25, -0.2) is 0 Å². The second-order valence-corrected chi connectivity index (χ2v) is 5.77. The van der Waals surface area contributed by atoms with Crippen LogP contribution in [-0.4, -0.2) is 24.7 Å². The van der Waals surface area contributed by atoms with Crippen LogP contribution < -0.4 is 10.6 Å². The molecule has 106 valence electrons. The molecule has 3 nitrogen and oxygen atoms in total. The van der Waals surface area contributed by atoms with Crippen LogP contribution in [-0.2, 0) is 11.3 Å². The monoisotopic (exact) mass is 280 g/mol. The molecule has 0 aliphatic rings. The molecule has 1 amide bonds. The Morgan fingerprint density at radius 1 is 1.32 bits per heavy atom. The molecule has 0 heterocycles. The van der Waals surface area contributed by atoms with Crippen LogP contribution in [0.25, 0.3) is 0 Å². The smallest absolute Gasteiger partial charge is 0.230 e. The van der Waals surface area contributed by atoms with Gasteiger partial charge in [0.05, 0.1) is 5.75 Å². The average molecular weight is 280 g/mol. The van der Waals surface area contributed by atoms with Gasteiger partial charge < -0.3 is 10.6 Å². The van der Waals surface area contributed by atoms with Gasteiger partial charge in [0.25, 0.3) is 0 Å². The Labute approximate surface area is 120 Å². The molecule has 0 saturated heterocycles. The van der Waals surface area contributed by atoms with E-state index in [1.165, 1.54) is 5.56 Å². The summed E-state index contributed by atoms with van der Waals surface area (Å²) in [6, 6.07) is 8.60. The third kappa shape index (κ3) is 6.64. The zero-order chi connectivity index (χ0) is 14.1. The lowest BCUT2D eigenvalue weighted by Crippen LogP contribution is -2.33. The number of carbonyl (C=O) groups excluding carboxylic acids is 1. The fraction of sp³-hybridized carbons (Fsp3) is 0.533. The Bertz CT molecular complexity index is 378. The molecule has 2 N–H and O–H groups in total. The lowest BCUT2D eigenvalue weighted by atomic mass is 10.2. The van der Waals surface area contributed by atoms with Crippen molar-refractivity contribution >= 4 is 17.7 Å². The van der Waals surface area contributed by atoms with Gasteiger partial charge in [-0.1, -0.05) is 25.5 Å². The van der Waals surface area contributed by atoms with E-state index in [9.17, 15) is 4.79 Å². The standard InChI is InChI=1S/C15H24N2OS/c1-4-5-12(2)17-15(18)11-19-14-8-6-13(7-9-14)10-16-3/h6-9,12,16H,4-5,10-11H2,1-3H3,(H,17,18). The summed E-state index contributed by atoms with van der Waals surface area (Å²) in [4.78, 5) is 12.9. The first-order chi connectivity index (χ1) is 9.15. The highest BCUT2D eigenvalue weighted by Crippen LogP contribution is 2.18. The molecule has 0 aliphatic heterocycles. The molecule has 1 aromatic rings. The van der Waals surface area contributed by atoms with Gasteiger partial charge in [0.2, 0.25) is 5.91 Å². The number of carbonyl (C=O) groups is 1. The molecule has 1 atom stereocenters. The van der Waals surface area contributed by atoms with Crippen LogP contribution in [0.1, 0.15) is 32.3 Å². The normalized spacial score (nSPS) is 12.2. The molecule has 0 radical (unpaired) electrons. The van der Waals surface area contributed by atoms with Crippen LogP contribution in [0.5, 0.6) is 0 Å². The highest BCUT2D eigenvalue weighted by atomic mass is 32.2. The van der Waals surface area contributed by atoms with Gasteiger partial charge in [-0.05, 0) is 38.1 Å². The number of thioether (sulfide) groups is 1. The van der Waals surface area contributed by atoms with Crippen molar-refractivity contribution in [2.24, 2.45) is 0 Å². The summed E-state index contributed by atoms with van der Waals surface area (Å²) in [7, 11) is 1.93. The van der Waals surface area contributed by atoms with E-state index in [1.807, 2.05) is 7.05 Å². The van der Waals surface area contributed by atoms with Crippen molar-refractivity contribution in [2.45, 2.75) is 44.2 Å². The van der Waals surface area contributed by atoms with Crippen LogP contribution >= 0.6 is 11.8 Å². The summed E-state index contributed by atoms with van der Waals surface area (Å²) in [5.74, 6) is 0.602. The molecule has 0 fully saturated rings. The molecular weight excluding hydrogens is 256 g/mol. The molecule has 0 aromatic heterocycles. The second kappa shape index (κ2) is 8.99. The Morgan fingerprint density at radius 2 is 2.00 bits per heavy atom. The van der Waals surface area contributed by atoms with Crippen molar-refractivity contribution in [3.8, 4) is 0 Å².